The minimum absolute atomic E-state index is 0.124. The van der Waals surface area contributed by atoms with Crippen LogP contribution in [0.3, 0.4) is 0 Å². The number of fused-ring (bicyclic) bond motifs is 3. The Morgan fingerprint density at radius 3 is 2.69 bits per heavy atom. The number of carbonyl (C=O) groups is 1. The van der Waals surface area contributed by atoms with Crippen molar-refractivity contribution < 1.29 is 4.79 Å². The zero-order valence-corrected chi connectivity index (χ0v) is 14.7. The molecule has 5 rings (SSSR count). The van der Waals surface area contributed by atoms with Crippen molar-refractivity contribution in [3.63, 3.8) is 0 Å². The Bertz CT molecular complexity index is 975. The standard InChI is InChI=1S/C20H21N5O/c1-12-10-21-17(23-20(26)18-13-4-5-14(18)7-6-13)9-16(12)19-22-11-15-3-2-8-25(15)24-19/h2-3,8-11,13-14,18H,4-7H2,1H3,(H,21,23,26). The number of aromatic nitrogens is 4. The van der Waals surface area contributed by atoms with E-state index in [4.69, 9.17) is 0 Å². The largest absolute Gasteiger partial charge is 0.310 e. The molecule has 0 radical (unpaired) electrons. The Morgan fingerprint density at radius 1 is 1.15 bits per heavy atom. The number of nitrogens with one attached hydrogen (secondary N) is 1. The second-order valence-electron chi connectivity index (χ2n) is 7.53. The number of nitrogens with zero attached hydrogens (tertiary/aromatic N) is 4. The Labute approximate surface area is 151 Å². The van der Waals surface area contributed by atoms with Crippen LogP contribution >= 0.6 is 0 Å². The van der Waals surface area contributed by atoms with E-state index in [0.717, 1.165) is 16.6 Å². The molecule has 1 N–H and O–H groups in total. The number of amides is 1. The van der Waals surface area contributed by atoms with E-state index in [1.165, 1.54) is 25.7 Å². The molecule has 3 aromatic rings. The van der Waals surface area contributed by atoms with Gasteiger partial charge in [0.1, 0.15) is 5.82 Å². The van der Waals surface area contributed by atoms with Crippen LogP contribution < -0.4 is 5.32 Å². The fourth-order valence-electron chi connectivity index (χ4n) is 4.68. The molecule has 2 bridgehead atoms. The van der Waals surface area contributed by atoms with Crippen LogP contribution in [-0.2, 0) is 4.79 Å². The molecular formula is C20H21N5O. The molecule has 3 heterocycles. The van der Waals surface area contributed by atoms with Crippen molar-refractivity contribution >= 4 is 17.2 Å². The molecule has 2 aliphatic carbocycles. The minimum Gasteiger partial charge on any atom is -0.310 e. The number of aryl methyl sites for hydroxylation is 1. The van der Waals surface area contributed by atoms with Crippen LogP contribution in [0.25, 0.3) is 16.9 Å². The smallest absolute Gasteiger partial charge is 0.229 e. The normalized spacial score (nSPS) is 24.3. The lowest BCUT2D eigenvalue weighted by molar-refractivity contribution is -0.121. The molecule has 6 nitrogen and oxygen atoms in total. The lowest BCUT2D eigenvalue weighted by Gasteiger charge is -2.15. The minimum atomic E-state index is 0.124. The van der Waals surface area contributed by atoms with E-state index < -0.39 is 0 Å². The third kappa shape index (κ3) is 2.48. The predicted octanol–water partition coefficient (Wildman–Crippen LogP) is 3.47. The summed E-state index contributed by atoms with van der Waals surface area (Å²) >= 11 is 0. The Balaban J connectivity index is 1.44. The third-order valence-electron chi connectivity index (χ3n) is 6.01. The Hall–Kier alpha value is -2.76. The quantitative estimate of drug-likeness (QED) is 0.787. The van der Waals surface area contributed by atoms with Gasteiger partial charge in [-0.3, -0.25) is 4.79 Å². The first-order valence-corrected chi connectivity index (χ1v) is 9.27. The highest BCUT2D eigenvalue weighted by atomic mass is 16.2. The average Bonchev–Trinajstić information content (AvgIpc) is 3.38. The van der Waals surface area contributed by atoms with Crippen LogP contribution in [0, 0.1) is 24.7 Å². The van der Waals surface area contributed by atoms with Crippen LogP contribution in [0.4, 0.5) is 5.82 Å². The summed E-state index contributed by atoms with van der Waals surface area (Å²) in [7, 11) is 0. The molecule has 2 saturated carbocycles. The highest BCUT2D eigenvalue weighted by Crippen LogP contribution is 2.49. The number of rotatable bonds is 3. The van der Waals surface area contributed by atoms with Crippen LogP contribution in [0.2, 0.25) is 0 Å². The summed E-state index contributed by atoms with van der Waals surface area (Å²) in [6.45, 7) is 1.98. The molecule has 0 spiro atoms. The van der Waals surface area contributed by atoms with E-state index in [-0.39, 0.29) is 11.8 Å². The number of carbonyl (C=O) groups excluding carboxylic acids is 1. The van der Waals surface area contributed by atoms with E-state index in [1.807, 2.05) is 31.3 Å². The van der Waals surface area contributed by atoms with Gasteiger partial charge in [-0.05, 0) is 68.2 Å². The van der Waals surface area contributed by atoms with Gasteiger partial charge in [0.15, 0.2) is 5.82 Å². The molecule has 6 heteroatoms. The van der Waals surface area contributed by atoms with Crippen LogP contribution in [0.5, 0.6) is 0 Å². The van der Waals surface area contributed by atoms with Crippen molar-refractivity contribution in [2.75, 3.05) is 5.32 Å². The first-order chi connectivity index (χ1) is 12.7. The van der Waals surface area contributed by atoms with Crippen LogP contribution in [0.1, 0.15) is 31.2 Å². The van der Waals surface area contributed by atoms with E-state index in [1.54, 1.807) is 16.9 Å². The molecule has 2 fully saturated rings. The topological polar surface area (TPSA) is 72.2 Å². The van der Waals surface area contributed by atoms with Gasteiger partial charge >= 0.3 is 0 Å². The number of hydrogen-bond acceptors (Lipinski definition) is 4. The summed E-state index contributed by atoms with van der Waals surface area (Å²) < 4.78 is 1.80. The zero-order valence-electron chi connectivity index (χ0n) is 14.7. The van der Waals surface area contributed by atoms with Gasteiger partial charge in [0.25, 0.3) is 0 Å². The van der Waals surface area contributed by atoms with E-state index in [2.05, 4.69) is 20.4 Å². The highest BCUT2D eigenvalue weighted by Gasteiger charge is 2.45. The summed E-state index contributed by atoms with van der Waals surface area (Å²) in [5, 5.41) is 7.61. The molecular weight excluding hydrogens is 326 g/mol. The number of pyridine rings is 1. The van der Waals surface area contributed by atoms with Gasteiger partial charge < -0.3 is 5.32 Å². The molecule has 0 atom stereocenters. The maximum atomic E-state index is 12.8. The molecule has 0 saturated heterocycles. The highest BCUT2D eigenvalue weighted by molar-refractivity contribution is 5.93. The summed E-state index contributed by atoms with van der Waals surface area (Å²) in [6, 6.07) is 5.79. The van der Waals surface area contributed by atoms with Gasteiger partial charge in [-0.25, -0.2) is 14.5 Å². The summed E-state index contributed by atoms with van der Waals surface area (Å²) in [4.78, 5) is 21.6. The lowest BCUT2D eigenvalue weighted by atomic mass is 9.97. The maximum Gasteiger partial charge on any atom is 0.229 e. The SMILES string of the molecule is Cc1cnc(NC(=O)C2C3CCC2CC3)cc1-c1ncc2cccn2n1. The van der Waals surface area contributed by atoms with Crippen LogP contribution in [-0.4, -0.2) is 25.5 Å². The predicted molar refractivity (Wildman–Crippen MR) is 98.5 cm³/mol. The van der Waals surface area contributed by atoms with Crippen molar-refractivity contribution in [1.29, 1.82) is 0 Å². The van der Waals surface area contributed by atoms with Gasteiger partial charge in [0.05, 0.1) is 11.7 Å². The molecule has 132 valence electrons. The molecule has 0 aromatic carbocycles. The second-order valence-corrected chi connectivity index (χ2v) is 7.53. The van der Waals surface area contributed by atoms with Gasteiger partial charge in [-0.1, -0.05) is 0 Å². The number of hydrogen-bond donors (Lipinski definition) is 1. The zero-order chi connectivity index (χ0) is 17.7. The fourth-order valence-corrected chi connectivity index (χ4v) is 4.68. The van der Waals surface area contributed by atoms with Gasteiger partial charge in [-0.2, -0.15) is 0 Å². The summed E-state index contributed by atoms with van der Waals surface area (Å²) in [5.41, 5.74) is 2.82. The van der Waals surface area contributed by atoms with Crippen molar-refractivity contribution in [2.24, 2.45) is 17.8 Å². The molecule has 0 unspecified atom stereocenters. The van der Waals surface area contributed by atoms with E-state index >= 15 is 0 Å². The van der Waals surface area contributed by atoms with Gasteiger partial charge in [0, 0.05) is 23.9 Å². The summed E-state index contributed by atoms with van der Waals surface area (Å²) in [5.74, 6) is 2.62. The fraction of sp³-hybridized carbons (Fsp3) is 0.400. The van der Waals surface area contributed by atoms with Crippen molar-refractivity contribution in [2.45, 2.75) is 32.6 Å². The van der Waals surface area contributed by atoms with Gasteiger partial charge in [-0.15, -0.1) is 5.10 Å². The van der Waals surface area contributed by atoms with Crippen molar-refractivity contribution in [1.82, 2.24) is 19.6 Å². The third-order valence-corrected chi connectivity index (χ3v) is 6.01. The van der Waals surface area contributed by atoms with E-state index in [0.29, 0.717) is 23.5 Å². The number of anilines is 1. The lowest BCUT2D eigenvalue weighted by Crippen LogP contribution is -2.26. The maximum absolute atomic E-state index is 12.8. The molecule has 3 aromatic heterocycles. The molecule has 2 aliphatic rings. The first kappa shape index (κ1) is 15.5. The first-order valence-electron chi connectivity index (χ1n) is 9.27. The summed E-state index contributed by atoms with van der Waals surface area (Å²) in [6.07, 6.45) is 10.3. The van der Waals surface area contributed by atoms with Crippen LogP contribution in [0.15, 0.2) is 36.8 Å². The Morgan fingerprint density at radius 2 is 1.92 bits per heavy atom. The monoisotopic (exact) mass is 347 g/mol. The molecule has 26 heavy (non-hydrogen) atoms. The van der Waals surface area contributed by atoms with Gasteiger partial charge in [0.2, 0.25) is 5.91 Å². The molecule has 0 aliphatic heterocycles. The second kappa shape index (κ2) is 5.90. The van der Waals surface area contributed by atoms with Crippen molar-refractivity contribution in [3.8, 4) is 11.4 Å². The van der Waals surface area contributed by atoms with E-state index in [9.17, 15) is 4.79 Å². The Kier molecular flexibility index (Phi) is 3.51. The average molecular weight is 347 g/mol. The molecule has 1 amide bonds. The van der Waals surface area contributed by atoms with Crippen molar-refractivity contribution in [3.05, 3.63) is 42.4 Å².